The molecule has 148 valence electrons. The summed E-state index contributed by atoms with van der Waals surface area (Å²) in [6.45, 7) is 0. The zero-order valence-corrected chi connectivity index (χ0v) is 17.1. The van der Waals surface area contributed by atoms with Crippen molar-refractivity contribution in [2.75, 3.05) is 4.90 Å². The van der Waals surface area contributed by atoms with E-state index in [0.29, 0.717) is 22.0 Å². The Morgan fingerprint density at radius 1 is 0.867 bits per heavy atom. The molecule has 1 aliphatic heterocycles. The number of rotatable bonds is 4. The van der Waals surface area contributed by atoms with E-state index in [1.807, 2.05) is 30.3 Å². The number of ether oxygens (including phenoxy) is 1. The van der Waals surface area contributed by atoms with Crippen molar-refractivity contribution in [3.63, 3.8) is 0 Å². The molecule has 1 saturated heterocycles. The number of halogens is 1. The topological polar surface area (TPSA) is 58.6 Å². The summed E-state index contributed by atoms with van der Waals surface area (Å²) in [6, 6.07) is 23.1. The fourth-order valence-corrected chi connectivity index (χ4v) is 3.31. The molecular formula is C23H15ClN2O3S. The number of nitrogens with zero attached hydrogens (tertiary/aromatic N) is 1. The van der Waals surface area contributed by atoms with Gasteiger partial charge in [-0.3, -0.25) is 19.8 Å². The van der Waals surface area contributed by atoms with Crippen molar-refractivity contribution in [2.24, 2.45) is 0 Å². The van der Waals surface area contributed by atoms with Gasteiger partial charge in [0.15, 0.2) is 5.11 Å². The van der Waals surface area contributed by atoms with Gasteiger partial charge in [-0.25, -0.2) is 0 Å². The number of amides is 2. The lowest BCUT2D eigenvalue weighted by molar-refractivity contribution is -0.122. The first-order valence-corrected chi connectivity index (χ1v) is 9.80. The fourth-order valence-electron chi connectivity index (χ4n) is 2.91. The van der Waals surface area contributed by atoms with Crippen LogP contribution >= 0.6 is 23.8 Å². The van der Waals surface area contributed by atoms with E-state index in [1.165, 1.54) is 11.0 Å². The van der Waals surface area contributed by atoms with E-state index in [4.69, 9.17) is 28.6 Å². The summed E-state index contributed by atoms with van der Waals surface area (Å²) in [6.07, 6.45) is 1.52. The van der Waals surface area contributed by atoms with Gasteiger partial charge in [0, 0.05) is 5.02 Å². The van der Waals surface area contributed by atoms with E-state index >= 15 is 0 Å². The first-order chi connectivity index (χ1) is 14.5. The van der Waals surface area contributed by atoms with Crippen LogP contribution < -0.4 is 15.0 Å². The lowest BCUT2D eigenvalue weighted by Gasteiger charge is -2.28. The van der Waals surface area contributed by atoms with Crippen LogP contribution in [0.4, 0.5) is 5.69 Å². The first-order valence-electron chi connectivity index (χ1n) is 9.01. The Hall–Kier alpha value is -3.48. The van der Waals surface area contributed by atoms with Gasteiger partial charge in [0.1, 0.15) is 17.1 Å². The molecule has 7 heteroatoms. The van der Waals surface area contributed by atoms with E-state index in [2.05, 4.69) is 5.32 Å². The van der Waals surface area contributed by atoms with Crippen molar-refractivity contribution in [3.05, 3.63) is 95.0 Å². The summed E-state index contributed by atoms with van der Waals surface area (Å²) in [4.78, 5) is 26.7. The highest BCUT2D eigenvalue weighted by atomic mass is 35.5. The van der Waals surface area contributed by atoms with Crippen molar-refractivity contribution in [1.82, 2.24) is 5.32 Å². The summed E-state index contributed by atoms with van der Waals surface area (Å²) in [7, 11) is 0. The average molecular weight is 435 g/mol. The summed E-state index contributed by atoms with van der Waals surface area (Å²) in [5, 5.41) is 3.12. The predicted octanol–water partition coefficient (Wildman–Crippen LogP) is 4.96. The summed E-state index contributed by atoms with van der Waals surface area (Å²) in [5.74, 6) is 0.319. The first kappa shape index (κ1) is 19.8. The fraction of sp³-hybridized carbons (Fsp3) is 0. The normalized spacial score (nSPS) is 15.3. The zero-order valence-electron chi connectivity index (χ0n) is 15.5. The van der Waals surface area contributed by atoms with Gasteiger partial charge in [-0.15, -0.1) is 0 Å². The molecule has 0 radical (unpaired) electrons. The lowest BCUT2D eigenvalue weighted by Crippen LogP contribution is -2.54. The number of nitrogens with one attached hydrogen (secondary N) is 1. The highest BCUT2D eigenvalue weighted by Crippen LogP contribution is 2.25. The van der Waals surface area contributed by atoms with Gasteiger partial charge in [0.05, 0.1) is 5.69 Å². The minimum Gasteiger partial charge on any atom is -0.457 e. The SMILES string of the molecule is O=C1NC(=S)N(c2ccc(Cl)cc2)C(=O)/C1=C\c1ccc(Oc2ccccc2)cc1. The second-order valence-electron chi connectivity index (χ2n) is 6.42. The molecule has 2 amide bonds. The van der Waals surface area contributed by atoms with Crippen LogP contribution in [0.2, 0.25) is 5.02 Å². The molecule has 4 rings (SSSR count). The van der Waals surface area contributed by atoms with Crippen LogP contribution in [0.25, 0.3) is 6.08 Å². The minimum atomic E-state index is -0.542. The number of hydrogen-bond donors (Lipinski definition) is 1. The number of carbonyl (C=O) groups is 2. The molecule has 0 atom stereocenters. The van der Waals surface area contributed by atoms with Crippen molar-refractivity contribution in [3.8, 4) is 11.5 Å². The summed E-state index contributed by atoms with van der Waals surface area (Å²) >= 11 is 11.1. The van der Waals surface area contributed by atoms with Crippen LogP contribution in [-0.4, -0.2) is 16.9 Å². The van der Waals surface area contributed by atoms with Crippen molar-refractivity contribution >= 4 is 52.5 Å². The molecule has 0 unspecified atom stereocenters. The van der Waals surface area contributed by atoms with E-state index in [-0.39, 0.29) is 10.7 Å². The van der Waals surface area contributed by atoms with Crippen molar-refractivity contribution in [2.45, 2.75) is 0 Å². The third kappa shape index (κ3) is 4.25. The molecule has 1 heterocycles. The van der Waals surface area contributed by atoms with Gasteiger partial charge >= 0.3 is 0 Å². The van der Waals surface area contributed by atoms with Gasteiger partial charge < -0.3 is 4.74 Å². The lowest BCUT2D eigenvalue weighted by atomic mass is 10.1. The van der Waals surface area contributed by atoms with Crippen LogP contribution in [0.5, 0.6) is 11.5 Å². The largest absolute Gasteiger partial charge is 0.457 e. The number of thiocarbonyl (C=S) groups is 1. The molecule has 0 saturated carbocycles. The smallest absolute Gasteiger partial charge is 0.270 e. The molecule has 0 aromatic heterocycles. The highest BCUT2D eigenvalue weighted by molar-refractivity contribution is 7.80. The van der Waals surface area contributed by atoms with Crippen molar-refractivity contribution in [1.29, 1.82) is 0 Å². The highest BCUT2D eigenvalue weighted by Gasteiger charge is 2.34. The molecule has 5 nitrogen and oxygen atoms in total. The van der Waals surface area contributed by atoms with Gasteiger partial charge in [-0.2, -0.15) is 0 Å². The van der Waals surface area contributed by atoms with Crippen LogP contribution in [0.3, 0.4) is 0 Å². The second-order valence-corrected chi connectivity index (χ2v) is 7.24. The summed E-state index contributed by atoms with van der Waals surface area (Å²) in [5.41, 5.74) is 1.18. The van der Waals surface area contributed by atoms with Gasteiger partial charge in [0.2, 0.25) is 0 Å². The third-order valence-corrected chi connectivity index (χ3v) is 4.89. The molecule has 3 aromatic carbocycles. The molecule has 1 N–H and O–H groups in total. The quantitative estimate of drug-likeness (QED) is 0.358. The number of para-hydroxylation sites is 1. The Balaban J connectivity index is 1.58. The van der Waals surface area contributed by atoms with Gasteiger partial charge in [0.25, 0.3) is 11.8 Å². The van der Waals surface area contributed by atoms with E-state index < -0.39 is 11.8 Å². The molecule has 3 aromatic rings. The van der Waals surface area contributed by atoms with Crippen molar-refractivity contribution < 1.29 is 14.3 Å². The molecule has 0 bridgehead atoms. The Morgan fingerprint density at radius 2 is 1.50 bits per heavy atom. The Kier molecular flexibility index (Phi) is 5.61. The number of carbonyl (C=O) groups excluding carboxylic acids is 2. The summed E-state index contributed by atoms with van der Waals surface area (Å²) < 4.78 is 5.76. The second kappa shape index (κ2) is 8.49. The minimum absolute atomic E-state index is 0.0183. The Bertz CT molecular complexity index is 1140. The molecule has 1 fully saturated rings. The molecule has 0 spiro atoms. The maximum Gasteiger partial charge on any atom is 0.270 e. The van der Waals surface area contributed by atoms with Crippen LogP contribution in [0.1, 0.15) is 5.56 Å². The predicted molar refractivity (Wildman–Crippen MR) is 121 cm³/mol. The van der Waals surface area contributed by atoms with Gasteiger partial charge in [-0.1, -0.05) is 41.9 Å². The molecular weight excluding hydrogens is 420 g/mol. The Morgan fingerprint density at radius 3 is 2.17 bits per heavy atom. The van der Waals surface area contributed by atoms with Crippen LogP contribution in [0, 0.1) is 0 Å². The maximum absolute atomic E-state index is 13.0. The van der Waals surface area contributed by atoms with E-state index in [0.717, 1.165) is 5.75 Å². The average Bonchev–Trinajstić information content (AvgIpc) is 2.74. The molecule has 0 aliphatic carbocycles. The van der Waals surface area contributed by atoms with Crippen LogP contribution in [-0.2, 0) is 9.59 Å². The van der Waals surface area contributed by atoms with Crippen LogP contribution in [0.15, 0.2) is 84.4 Å². The number of hydrogen-bond acceptors (Lipinski definition) is 4. The Labute approximate surface area is 183 Å². The number of anilines is 1. The van der Waals surface area contributed by atoms with E-state index in [9.17, 15) is 9.59 Å². The van der Waals surface area contributed by atoms with Gasteiger partial charge in [-0.05, 0) is 72.4 Å². The third-order valence-electron chi connectivity index (χ3n) is 4.36. The number of benzene rings is 3. The maximum atomic E-state index is 13.0. The standard InChI is InChI=1S/C23H15ClN2O3S/c24-16-8-10-17(11-9-16)26-22(28)20(21(27)25-23(26)30)14-15-6-12-19(13-7-15)29-18-4-2-1-3-5-18/h1-14H,(H,25,27,30)/b20-14-. The zero-order chi connectivity index (χ0) is 21.1. The molecule has 1 aliphatic rings. The van der Waals surface area contributed by atoms with E-state index in [1.54, 1.807) is 48.5 Å². The molecule has 30 heavy (non-hydrogen) atoms. The monoisotopic (exact) mass is 434 g/mol.